The molecule has 0 aliphatic heterocycles. The van der Waals surface area contributed by atoms with Crippen molar-refractivity contribution in [1.29, 1.82) is 0 Å². The van der Waals surface area contributed by atoms with Crippen LogP contribution in [0.4, 0.5) is 0 Å². The third kappa shape index (κ3) is 3.51. The minimum absolute atomic E-state index is 0.0106. The molecule has 0 bridgehead atoms. The normalized spacial score (nSPS) is 25.1. The predicted molar refractivity (Wildman–Crippen MR) is 60.7 cm³/mol. The van der Waals surface area contributed by atoms with E-state index in [-0.39, 0.29) is 17.8 Å². The second-order valence-electron chi connectivity index (χ2n) is 5.03. The van der Waals surface area contributed by atoms with Crippen molar-refractivity contribution in [2.45, 2.75) is 39.7 Å². The van der Waals surface area contributed by atoms with Crippen molar-refractivity contribution in [3.8, 4) is 0 Å². The van der Waals surface area contributed by atoms with Crippen LogP contribution in [0.25, 0.3) is 0 Å². The highest BCUT2D eigenvalue weighted by atomic mass is 16.5. The van der Waals surface area contributed by atoms with Gasteiger partial charge in [-0.05, 0) is 24.7 Å². The Morgan fingerprint density at radius 1 is 1.44 bits per heavy atom. The first-order valence-corrected chi connectivity index (χ1v) is 5.84. The molecule has 3 unspecified atom stereocenters. The Labute approximate surface area is 96.7 Å². The first-order valence-electron chi connectivity index (χ1n) is 5.84. The number of hydrogen-bond acceptors (Lipinski definition) is 3. The highest BCUT2D eigenvalue weighted by molar-refractivity contribution is 5.87. The van der Waals surface area contributed by atoms with Gasteiger partial charge in [-0.1, -0.05) is 20.8 Å². The molecule has 0 aromatic heterocycles. The molecule has 0 aromatic carbocycles. The molecular weight excluding hydrogens is 206 g/mol. The highest BCUT2D eigenvalue weighted by Gasteiger charge is 2.40. The van der Waals surface area contributed by atoms with Crippen molar-refractivity contribution in [1.82, 2.24) is 5.32 Å². The number of nitrogens with one attached hydrogen (secondary N) is 1. The van der Waals surface area contributed by atoms with E-state index in [4.69, 9.17) is 0 Å². The van der Waals surface area contributed by atoms with Gasteiger partial charge in [0, 0.05) is 5.92 Å². The molecule has 1 aliphatic carbocycles. The predicted octanol–water partition coefficient (Wildman–Crippen LogP) is 1.35. The smallest absolute Gasteiger partial charge is 0.328 e. The summed E-state index contributed by atoms with van der Waals surface area (Å²) in [6.07, 6.45) is 1.56. The van der Waals surface area contributed by atoms with E-state index in [9.17, 15) is 9.59 Å². The number of hydrogen-bond donors (Lipinski definition) is 1. The molecule has 0 saturated heterocycles. The minimum Gasteiger partial charge on any atom is -0.467 e. The monoisotopic (exact) mass is 227 g/mol. The number of amides is 1. The van der Waals surface area contributed by atoms with Crippen LogP contribution >= 0.6 is 0 Å². The van der Waals surface area contributed by atoms with E-state index < -0.39 is 6.04 Å². The molecule has 1 N–H and O–H groups in total. The van der Waals surface area contributed by atoms with E-state index in [0.717, 1.165) is 6.42 Å². The second kappa shape index (κ2) is 5.32. The number of ether oxygens (including phenoxy) is 1. The maximum atomic E-state index is 11.7. The van der Waals surface area contributed by atoms with Crippen molar-refractivity contribution in [3.05, 3.63) is 0 Å². The van der Waals surface area contributed by atoms with Crippen LogP contribution in [0.3, 0.4) is 0 Å². The number of carbonyl (C=O) groups is 2. The average molecular weight is 227 g/mol. The van der Waals surface area contributed by atoms with Crippen LogP contribution in [0, 0.1) is 17.8 Å². The number of carbonyl (C=O) groups excluding carboxylic acids is 2. The van der Waals surface area contributed by atoms with Crippen LogP contribution in [0.1, 0.15) is 33.6 Å². The topological polar surface area (TPSA) is 55.4 Å². The standard InChI is InChI=1S/C12H21NO3/c1-7(2)5-10(12(15)16-4)13-11(14)9-6-8(9)3/h7-10H,5-6H2,1-4H3,(H,13,14). The summed E-state index contributed by atoms with van der Waals surface area (Å²) in [5.41, 5.74) is 0. The largest absolute Gasteiger partial charge is 0.467 e. The Morgan fingerprint density at radius 3 is 2.38 bits per heavy atom. The third-order valence-corrected chi connectivity index (χ3v) is 2.96. The molecule has 4 heteroatoms. The molecule has 1 saturated carbocycles. The average Bonchev–Trinajstić information content (AvgIpc) is 2.92. The summed E-state index contributed by atoms with van der Waals surface area (Å²) in [6.45, 7) is 6.07. The van der Waals surface area contributed by atoms with E-state index in [0.29, 0.717) is 18.3 Å². The lowest BCUT2D eigenvalue weighted by Crippen LogP contribution is -2.43. The van der Waals surface area contributed by atoms with Crippen LogP contribution in [0.2, 0.25) is 0 Å². The Hall–Kier alpha value is -1.06. The second-order valence-corrected chi connectivity index (χ2v) is 5.03. The summed E-state index contributed by atoms with van der Waals surface area (Å²) in [7, 11) is 1.35. The third-order valence-electron chi connectivity index (χ3n) is 2.96. The quantitative estimate of drug-likeness (QED) is 0.721. The maximum Gasteiger partial charge on any atom is 0.328 e. The Kier molecular flexibility index (Phi) is 4.33. The molecule has 1 amide bonds. The zero-order valence-corrected chi connectivity index (χ0v) is 10.4. The fourth-order valence-corrected chi connectivity index (χ4v) is 1.79. The molecule has 0 radical (unpaired) electrons. The number of rotatable bonds is 5. The Morgan fingerprint density at radius 2 is 2.00 bits per heavy atom. The lowest BCUT2D eigenvalue weighted by Gasteiger charge is -2.18. The fraction of sp³-hybridized carbons (Fsp3) is 0.833. The van der Waals surface area contributed by atoms with E-state index in [1.807, 2.05) is 20.8 Å². The van der Waals surface area contributed by atoms with Gasteiger partial charge in [0.15, 0.2) is 0 Å². The summed E-state index contributed by atoms with van der Waals surface area (Å²) in [5, 5.41) is 2.78. The first kappa shape index (κ1) is 13.0. The van der Waals surface area contributed by atoms with Crippen LogP contribution in [-0.2, 0) is 14.3 Å². The van der Waals surface area contributed by atoms with Gasteiger partial charge in [-0.15, -0.1) is 0 Å². The molecule has 1 fully saturated rings. The molecule has 4 nitrogen and oxygen atoms in total. The summed E-state index contributed by atoms with van der Waals surface area (Å²) in [6, 6.07) is -0.495. The maximum absolute atomic E-state index is 11.7. The lowest BCUT2D eigenvalue weighted by molar-refractivity contribution is -0.145. The molecule has 0 spiro atoms. The van der Waals surface area contributed by atoms with Crippen molar-refractivity contribution >= 4 is 11.9 Å². The van der Waals surface area contributed by atoms with Gasteiger partial charge >= 0.3 is 5.97 Å². The van der Waals surface area contributed by atoms with Crippen LogP contribution in [0.5, 0.6) is 0 Å². The summed E-state index contributed by atoms with van der Waals surface area (Å²) >= 11 is 0. The van der Waals surface area contributed by atoms with Crippen molar-refractivity contribution in [3.63, 3.8) is 0 Å². The molecule has 3 atom stereocenters. The van der Waals surface area contributed by atoms with Crippen molar-refractivity contribution < 1.29 is 14.3 Å². The van der Waals surface area contributed by atoms with Gasteiger partial charge in [0.1, 0.15) is 6.04 Å². The molecule has 16 heavy (non-hydrogen) atoms. The van der Waals surface area contributed by atoms with E-state index >= 15 is 0 Å². The Bertz CT molecular complexity index is 275. The van der Waals surface area contributed by atoms with E-state index in [2.05, 4.69) is 10.1 Å². The van der Waals surface area contributed by atoms with Crippen molar-refractivity contribution in [2.24, 2.45) is 17.8 Å². The van der Waals surface area contributed by atoms with E-state index in [1.165, 1.54) is 7.11 Å². The van der Waals surface area contributed by atoms with Gasteiger partial charge in [-0.3, -0.25) is 4.79 Å². The fourth-order valence-electron chi connectivity index (χ4n) is 1.79. The molecule has 1 aliphatic rings. The van der Waals surface area contributed by atoms with Crippen LogP contribution in [-0.4, -0.2) is 25.0 Å². The zero-order valence-electron chi connectivity index (χ0n) is 10.4. The first-order chi connectivity index (χ1) is 7.45. The van der Waals surface area contributed by atoms with Gasteiger partial charge in [0.2, 0.25) is 5.91 Å². The molecule has 1 rings (SSSR count). The molecule has 92 valence electrons. The van der Waals surface area contributed by atoms with Gasteiger partial charge < -0.3 is 10.1 Å². The lowest BCUT2D eigenvalue weighted by atomic mass is 10.0. The van der Waals surface area contributed by atoms with Gasteiger partial charge in [0.05, 0.1) is 7.11 Å². The van der Waals surface area contributed by atoms with Gasteiger partial charge in [-0.25, -0.2) is 4.79 Å². The van der Waals surface area contributed by atoms with Gasteiger partial charge in [0.25, 0.3) is 0 Å². The van der Waals surface area contributed by atoms with Crippen LogP contribution in [0.15, 0.2) is 0 Å². The SMILES string of the molecule is COC(=O)C(CC(C)C)NC(=O)C1CC1C. The van der Waals surface area contributed by atoms with Gasteiger partial charge in [-0.2, -0.15) is 0 Å². The van der Waals surface area contributed by atoms with Crippen LogP contribution < -0.4 is 5.32 Å². The van der Waals surface area contributed by atoms with E-state index in [1.54, 1.807) is 0 Å². The number of methoxy groups -OCH3 is 1. The molecule has 0 heterocycles. The molecule has 0 aromatic rings. The Balaban J connectivity index is 2.49. The zero-order chi connectivity index (χ0) is 12.3. The summed E-state index contributed by atoms with van der Waals surface area (Å²) in [5.74, 6) is 0.539. The highest BCUT2D eigenvalue weighted by Crippen LogP contribution is 2.37. The molecular formula is C12H21NO3. The van der Waals surface area contributed by atoms with Crippen molar-refractivity contribution in [2.75, 3.05) is 7.11 Å². The summed E-state index contributed by atoms with van der Waals surface area (Å²) in [4.78, 5) is 23.2. The summed E-state index contributed by atoms with van der Waals surface area (Å²) < 4.78 is 4.69. The number of esters is 1. The minimum atomic E-state index is -0.495.